The standard InChI is InChI=1S/C25H26N2/c1-5-6-7-8-14-22-15-9-10-16-23(22)24-18-21(3)20(2)13-11-12-17-27(4)19-25(24)26/h5-19H,1-3,26H2,4H3/b7-6-,13-11-,14-8-,17-12-,24-18-,25-19+. The minimum atomic E-state index is 0.653. The molecule has 0 bridgehead atoms. The molecule has 27 heavy (non-hydrogen) atoms. The molecule has 2 nitrogen and oxygen atoms in total. The molecule has 0 radical (unpaired) electrons. The van der Waals surface area contributed by atoms with Gasteiger partial charge in [-0.2, -0.15) is 0 Å². The molecule has 0 unspecified atom stereocenters. The van der Waals surface area contributed by atoms with Crippen LogP contribution in [0.25, 0.3) is 11.6 Å². The van der Waals surface area contributed by atoms with Gasteiger partial charge in [0.2, 0.25) is 0 Å². The van der Waals surface area contributed by atoms with Crippen molar-refractivity contribution in [2.45, 2.75) is 0 Å². The molecule has 0 aliphatic carbocycles. The fourth-order valence-corrected chi connectivity index (χ4v) is 2.57. The van der Waals surface area contributed by atoms with E-state index in [-0.39, 0.29) is 0 Å². The maximum atomic E-state index is 6.47. The SMILES string of the molecule is C=C/C=C\C=C/c1ccccc1C1=C/C(=C)C(=C)/C=C\C=C/N(C)/C=C\1N. The zero-order valence-electron chi connectivity index (χ0n) is 15.8. The first-order valence-electron chi connectivity index (χ1n) is 8.72. The zero-order valence-corrected chi connectivity index (χ0v) is 15.8. The van der Waals surface area contributed by atoms with Crippen LogP contribution in [-0.2, 0) is 0 Å². The highest BCUT2D eigenvalue weighted by molar-refractivity contribution is 5.85. The quantitative estimate of drug-likeness (QED) is 0.697. The summed E-state index contributed by atoms with van der Waals surface area (Å²) in [6, 6.07) is 8.14. The van der Waals surface area contributed by atoms with Crippen LogP contribution in [0.4, 0.5) is 0 Å². The lowest BCUT2D eigenvalue weighted by molar-refractivity contribution is 0.621. The minimum absolute atomic E-state index is 0.653. The maximum absolute atomic E-state index is 6.47. The summed E-state index contributed by atoms with van der Waals surface area (Å²) in [6.45, 7) is 11.9. The molecule has 1 aromatic carbocycles. The molecular weight excluding hydrogens is 328 g/mol. The average Bonchev–Trinajstić information content (AvgIpc) is 2.68. The van der Waals surface area contributed by atoms with Gasteiger partial charge in [0.15, 0.2) is 0 Å². The fourth-order valence-electron chi connectivity index (χ4n) is 2.57. The van der Waals surface area contributed by atoms with E-state index in [1.165, 1.54) is 0 Å². The Balaban J connectivity index is 2.60. The molecule has 1 aromatic rings. The lowest BCUT2D eigenvalue weighted by Crippen LogP contribution is -2.09. The molecule has 0 amide bonds. The molecule has 1 aliphatic rings. The van der Waals surface area contributed by atoms with Gasteiger partial charge in [0, 0.05) is 25.0 Å². The highest BCUT2D eigenvalue weighted by Crippen LogP contribution is 2.28. The first kappa shape index (κ1) is 19.8. The van der Waals surface area contributed by atoms with E-state index in [1.807, 2.05) is 79.0 Å². The lowest BCUT2D eigenvalue weighted by atomic mass is 9.94. The number of hydrogen-bond acceptors (Lipinski definition) is 2. The van der Waals surface area contributed by atoms with Gasteiger partial charge >= 0.3 is 0 Å². The Labute approximate surface area is 162 Å². The largest absolute Gasteiger partial charge is 0.397 e. The van der Waals surface area contributed by atoms with Crippen LogP contribution in [0.5, 0.6) is 0 Å². The number of hydrogen-bond donors (Lipinski definition) is 1. The molecule has 0 aromatic heterocycles. The van der Waals surface area contributed by atoms with Crippen LogP contribution in [0.3, 0.4) is 0 Å². The van der Waals surface area contributed by atoms with Gasteiger partial charge in [-0.3, -0.25) is 0 Å². The fraction of sp³-hybridized carbons (Fsp3) is 0.0400. The molecule has 1 heterocycles. The number of nitrogens with zero attached hydrogens (tertiary/aromatic N) is 1. The van der Waals surface area contributed by atoms with Crippen molar-refractivity contribution in [2.24, 2.45) is 5.73 Å². The number of nitrogens with two attached hydrogens (primary N) is 1. The van der Waals surface area contributed by atoms with E-state index in [0.29, 0.717) is 5.70 Å². The summed E-state index contributed by atoms with van der Waals surface area (Å²) in [4.78, 5) is 1.93. The van der Waals surface area contributed by atoms with Gasteiger partial charge in [0.05, 0.1) is 5.70 Å². The highest BCUT2D eigenvalue weighted by Gasteiger charge is 2.11. The third-order valence-electron chi connectivity index (χ3n) is 4.00. The Morgan fingerprint density at radius 3 is 2.56 bits per heavy atom. The van der Waals surface area contributed by atoms with E-state index >= 15 is 0 Å². The molecule has 1 aliphatic heterocycles. The normalized spacial score (nSPS) is 22.0. The summed E-state index contributed by atoms with van der Waals surface area (Å²) >= 11 is 0. The van der Waals surface area contributed by atoms with Crippen LogP contribution in [0, 0.1) is 0 Å². The third-order valence-corrected chi connectivity index (χ3v) is 4.00. The monoisotopic (exact) mass is 354 g/mol. The Hall–Kier alpha value is -3.52. The van der Waals surface area contributed by atoms with Crippen LogP contribution in [-0.4, -0.2) is 11.9 Å². The molecule has 0 spiro atoms. The molecule has 2 heteroatoms. The summed E-state index contributed by atoms with van der Waals surface area (Å²) in [7, 11) is 1.95. The van der Waals surface area contributed by atoms with Gasteiger partial charge < -0.3 is 10.6 Å². The summed E-state index contributed by atoms with van der Waals surface area (Å²) in [5, 5.41) is 0. The van der Waals surface area contributed by atoms with E-state index in [4.69, 9.17) is 5.73 Å². The molecule has 136 valence electrons. The van der Waals surface area contributed by atoms with Crippen molar-refractivity contribution in [1.29, 1.82) is 0 Å². The summed E-state index contributed by atoms with van der Waals surface area (Å²) < 4.78 is 0. The zero-order chi connectivity index (χ0) is 19.6. The molecule has 2 rings (SSSR count). The van der Waals surface area contributed by atoms with Crippen LogP contribution in [0.1, 0.15) is 11.1 Å². The molecule has 0 fully saturated rings. The topological polar surface area (TPSA) is 29.3 Å². The summed E-state index contributed by atoms with van der Waals surface area (Å²) in [6.07, 6.45) is 21.3. The smallest absolute Gasteiger partial charge is 0.0559 e. The van der Waals surface area contributed by atoms with E-state index < -0.39 is 0 Å². The van der Waals surface area contributed by atoms with Gasteiger partial charge in [-0.25, -0.2) is 0 Å². The van der Waals surface area contributed by atoms with Crippen LogP contribution < -0.4 is 5.73 Å². The number of benzene rings is 1. The second-order valence-corrected chi connectivity index (χ2v) is 6.13. The van der Waals surface area contributed by atoms with Gasteiger partial charge in [0.1, 0.15) is 0 Å². The van der Waals surface area contributed by atoms with Crippen molar-refractivity contribution in [3.63, 3.8) is 0 Å². The minimum Gasteiger partial charge on any atom is -0.397 e. The lowest BCUT2D eigenvalue weighted by Gasteiger charge is -2.15. The van der Waals surface area contributed by atoms with E-state index in [9.17, 15) is 0 Å². The Kier molecular flexibility index (Phi) is 7.21. The molecule has 0 saturated carbocycles. The molecule has 0 saturated heterocycles. The first-order valence-corrected chi connectivity index (χ1v) is 8.72. The molecule has 0 atom stereocenters. The van der Waals surface area contributed by atoms with Crippen molar-refractivity contribution in [3.05, 3.63) is 133 Å². The second kappa shape index (κ2) is 9.83. The average molecular weight is 354 g/mol. The van der Waals surface area contributed by atoms with Crippen molar-refractivity contribution < 1.29 is 0 Å². The second-order valence-electron chi connectivity index (χ2n) is 6.13. The van der Waals surface area contributed by atoms with Crippen molar-refractivity contribution in [2.75, 3.05) is 7.05 Å². The predicted octanol–water partition coefficient (Wildman–Crippen LogP) is 5.75. The van der Waals surface area contributed by atoms with Crippen molar-refractivity contribution in [1.82, 2.24) is 4.90 Å². The Bertz CT molecular complexity index is 902. The third kappa shape index (κ3) is 5.75. The molecule has 2 N–H and O–H groups in total. The van der Waals surface area contributed by atoms with E-state index in [0.717, 1.165) is 27.8 Å². The van der Waals surface area contributed by atoms with E-state index in [2.05, 4.69) is 37.9 Å². The number of rotatable bonds is 4. The number of allylic oxidation sites excluding steroid dienone is 11. The van der Waals surface area contributed by atoms with Crippen molar-refractivity contribution in [3.8, 4) is 0 Å². The highest BCUT2D eigenvalue weighted by atomic mass is 15.1. The maximum Gasteiger partial charge on any atom is 0.0559 e. The first-order chi connectivity index (χ1) is 13.0. The van der Waals surface area contributed by atoms with Crippen LogP contribution in [0.2, 0.25) is 0 Å². The summed E-state index contributed by atoms with van der Waals surface area (Å²) in [5.41, 5.74) is 11.8. The molecular formula is C25H26N2. The van der Waals surface area contributed by atoms with Crippen LogP contribution in [0.15, 0.2) is 122 Å². The van der Waals surface area contributed by atoms with Gasteiger partial charge in [0.25, 0.3) is 0 Å². The predicted molar refractivity (Wildman–Crippen MR) is 119 cm³/mol. The Morgan fingerprint density at radius 1 is 1.00 bits per heavy atom. The van der Waals surface area contributed by atoms with Gasteiger partial charge in [-0.15, -0.1) is 0 Å². The van der Waals surface area contributed by atoms with Crippen LogP contribution >= 0.6 is 0 Å². The van der Waals surface area contributed by atoms with Gasteiger partial charge in [-0.05, 0) is 34.4 Å². The Morgan fingerprint density at radius 2 is 1.78 bits per heavy atom. The van der Waals surface area contributed by atoms with E-state index in [1.54, 1.807) is 6.08 Å². The van der Waals surface area contributed by atoms with Gasteiger partial charge in [-0.1, -0.05) is 86.5 Å². The van der Waals surface area contributed by atoms with Crippen molar-refractivity contribution >= 4 is 11.6 Å². The summed E-state index contributed by atoms with van der Waals surface area (Å²) in [5.74, 6) is 0.